The molecule has 0 amide bonds. The van der Waals surface area contributed by atoms with Gasteiger partial charge in [-0.1, -0.05) is 5.16 Å². The molecule has 37 valence electrons. The molecule has 0 aromatic carbocycles. The minimum Gasteiger partial charge on any atom is -0.387 e. The SMILES string of the molecule is OCc1n[c]no1. The summed E-state index contributed by atoms with van der Waals surface area (Å²) in [7, 11) is 0. The van der Waals surface area contributed by atoms with E-state index in [1.165, 1.54) is 0 Å². The molecule has 1 rings (SSSR count). The van der Waals surface area contributed by atoms with Crippen LogP contribution in [0, 0.1) is 6.33 Å². The van der Waals surface area contributed by atoms with Crippen LogP contribution in [0.2, 0.25) is 0 Å². The van der Waals surface area contributed by atoms with Gasteiger partial charge in [-0.25, -0.2) is 0 Å². The first-order chi connectivity index (χ1) is 3.43. The van der Waals surface area contributed by atoms with E-state index >= 15 is 0 Å². The monoisotopic (exact) mass is 99.0 g/mol. The summed E-state index contributed by atoms with van der Waals surface area (Å²) in [4.78, 5) is 3.38. The Hall–Kier alpha value is -0.900. The molecule has 7 heavy (non-hydrogen) atoms. The highest BCUT2D eigenvalue weighted by atomic mass is 16.5. The van der Waals surface area contributed by atoms with Gasteiger partial charge in [0.2, 0.25) is 6.33 Å². The molecule has 1 heterocycles. The maximum atomic E-state index is 8.21. The van der Waals surface area contributed by atoms with Crippen LogP contribution in [-0.4, -0.2) is 15.2 Å². The number of rotatable bonds is 1. The van der Waals surface area contributed by atoms with Crippen LogP contribution < -0.4 is 0 Å². The molecule has 1 aromatic heterocycles. The number of aromatic nitrogens is 2. The van der Waals surface area contributed by atoms with Crippen molar-refractivity contribution in [3.8, 4) is 0 Å². The minimum atomic E-state index is -0.212. The van der Waals surface area contributed by atoms with Crippen molar-refractivity contribution in [3.63, 3.8) is 0 Å². The molecule has 4 nitrogen and oxygen atoms in total. The molecular weight excluding hydrogens is 96.0 g/mol. The molecule has 1 N–H and O–H groups in total. The Morgan fingerprint density at radius 2 is 2.71 bits per heavy atom. The molecule has 0 saturated carbocycles. The Kier molecular flexibility index (Phi) is 1.04. The van der Waals surface area contributed by atoms with Crippen molar-refractivity contribution < 1.29 is 9.63 Å². The molecule has 0 aliphatic rings. The Balaban J connectivity index is 2.76. The summed E-state index contributed by atoms with van der Waals surface area (Å²) in [5.41, 5.74) is 0. The lowest BCUT2D eigenvalue weighted by Gasteiger charge is -1.74. The predicted molar refractivity (Wildman–Crippen MR) is 19.1 cm³/mol. The maximum absolute atomic E-state index is 8.21. The summed E-state index contributed by atoms with van der Waals surface area (Å²) >= 11 is 0. The number of aliphatic hydroxyl groups is 1. The Morgan fingerprint density at radius 1 is 1.86 bits per heavy atom. The predicted octanol–water partition coefficient (Wildman–Crippen LogP) is -0.638. The average Bonchev–Trinajstić information content (AvgIpc) is 2.14. The highest BCUT2D eigenvalue weighted by Crippen LogP contribution is 1.85. The molecule has 4 heteroatoms. The van der Waals surface area contributed by atoms with Crippen LogP contribution in [0.15, 0.2) is 4.52 Å². The van der Waals surface area contributed by atoms with Gasteiger partial charge in [-0.15, -0.1) is 0 Å². The highest BCUT2D eigenvalue weighted by molar-refractivity contribution is 4.65. The summed E-state index contributed by atoms with van der Waals surface area (Å²) in [5.74, 6) is 0.194. The van der Waals surface area contributed by atoms with E-state index in [0.717, 1.165) is 0 Å². The third-order valence-electron chi connectivity index (χ3n) is 0.502. The van der Waals surface area contributed by atoms with Gasteiger partial charge in [0.15, 0.2) is 0 Å². The lowest BCUT2D eigenvalue weighted by atomic mass is 10.7. The second-order valence-electron chi connectivity index (χ2n) is 0.946. The quantitative estimate of drug-likeness (QED) is 0.508. The van der Waals surface area contributed by atoms with E-state index in [-0.39, 0.29) is 12.5 Å². The van der Waals surface area contributed by atoms with Gasteiger partial charge in [0.25, 0.3) is 5.89 Å². The number of aliphatic hydroxyl groups excluding tert-OH is 1. The molecule has 0 aliphatic heterocycles. The summed E-state index contributed by atoms with van der Waals surface area (Å²) < 4.78 is 4.32. The Morgan fingerprint density at radius 3 is 3.00 bits per heavy atom. The van der Waals surface area contributed by atoms with Crippen molar-refractivity contribution in [2.24, 2.45) is 0 Å². The molecule has 0 bridgehead atoms. The minimum absolute atomic E-state index is 0.194. The fraction of sp³-hybridized carbons (Fsp3) is 0.333. The van der Waals surface area contributed by atoms with E-state index in [1.54, 1.807) is 0 Å². The summed E-state index contributed by atoms with van der Waals surface area (Å²) in [6.07, 6.45) is 2.15. The van der Waals surface area contributed by atoms with Crippen molar-refractivity contribution in [2.45, 2.75) is 6.61 Å². The van der Waals surface area contributed by atoms with Crippen molar-refractivity contribution in [2.75, 3.05) is 0 Å². The topological polar surface area (TPSA) is 59.2 Å². The van der Waals surface area contributed by atoms with Gasteiger partial charge in [0.1, 0.15) is 6.61 Å². The molecule has 0 saturated heterocycles. The van der Waals surface area contributed by atoms with E-state index in [0.29, 0.717) is 0 Å². The number of hydrogen-bond acceptors (Lipinski definition) is 4. The van der Waals surface area contributed by atoms with E-state index in [2.05, 4.69) is 21.0 Å². The van der Waals surface area contributed by atoms with E-state index in [4.69, 9.17) is 5.11 Å². The van der Waals surface area contributed by atoms with Crippen LogP contribution in [0.4, 0.5) is 0 Å². The smallest absolute Gasteiger partial charge is 0.252 e. The zero-order valence-corrected chi connectivity index (χ0v) is 3.46. The zero-order chi connectivity index (χ0) is 5.11. The van der Waals surface area contributed by atoms with Gasteiger partial charge in [0, 0.05) is 0 Å². The van der Waals surface area contributed by atoms with Crippen molar-refractivity contribution in [1.82, 2.24) is 10.1 Å². The van der Waals surface area contributed by atoms with Gasteiger partial charge in [-0.05, 0) is 0 Å². The Bertz CT molecular complexity index is 125. The lowest BCUT2D eigenvalue weighted by Crippen LogP contribution is -1.78. The number of hydrogen-bond donors (Lipinski definition) is 1. The Labute approximate surface area is 39.8 Å². The van der Waals surface area contributed by atoms with Crippen molar-refractivity contribution >= 4 is 0 Å². The molecule has 1 aromatic rings. The van der Waals surface area contributed by atoms with Crippen molar-refractivity contribution in [3.05, 3.63) is 12.2 Å². The zero-order valence-electron chi connectivity index (χ0n) is 3.46. The summed E-state index contributed by atoms with van der Waals surface area (Å²) in [6, 6.07) is 0. The fourth-order valence-corrected chi connectivity index (χ4v) is 0.234. The fourth-order valence-electron chi connectivity index (χ4n) is 0.234. The maximum Gasteiger partial charge on any atom is 0.252 e. The second kappa shape index (κ2) is 1.70. The van der Waals surface area contributed by atoms with Crippen LogP contribution in [0.1, 0.15) is 5.89 Å². The first kappa shape index (κ1) is 4.26. The van der Waals surface area contributed by atoms with Crippen molar-refractivity contribution in [1.29, 1.82) is 0 Å². The lowest BCUT2D eigenvalue weighted by molar-refractivity contribution is 0.222. The van der Waals surface area contributed by atoms with Gasteiger partial charge in [-0.3, -0.25) is 0 Å². The molecular formula is C3H3N2O2. The molecule has 0 atom stereocenters. The van der Waals surface area contributed by atoms with Crippen LogP contribution in [0.3, 0.4) is 0 Å². The molecule has 0 spiro atoms. The summed E-state index contributed by atoms with van der Waals surface area (Å²) in [5, 5.41) is 11.3. The normalized spacial score (nSPS) is 9.29. The molecule has 0 aliphatic carbocycles. The van der Waals surface area contributed by atoms with Crippen LogP contribution in [0.25, 0.3) is 0 Å². The number of nitrogens with zero attached hydrogens (tertiary/aromatic N) is 2. The van der Waals surface area contributed by atoms with Crippen LogP contribution in [0.5, 0.6) is 0 Å². The third kappa shape index (κ3) is 0.747. The van der Waals surface area contributed by atoms with E-state index < -0.39 is 0 Å². The summed E-state index contributed by atoms with van der Waals surface area (Å²) in [6.45, 7) is -0.212. The second-order valence-corrected chi connectivity index (χ2v) is 0.946. The van der Waals surface area contributed by atoms with Gasteiger partial charge in [0.05, 0.1) is 0 Å². The van der Waals surface area contributed by atoms with Gasteiger partial charge in [-0.2, -0.15) is 4.98 Å². The molecule has 0 fully saturated rings. The van der Waals surface area contributed by atoms with E-state index in [1.807, 2.05) is 0 Å². The highest BCUT2D eigenvalue weighted by Gasteiger charge is 1.90. The first-order valence-corrected chi connectivity index (χ1v) is 1.73. The van der Waals surface area contributed by atoms with Gasteiger partial charge >= 0.3 is 0 Å². The third-order valence-corrected chi connectivity index (χ3v) is 0.502. The van der Waals surface area contributed by atoms with Gasteiger partial charge < -0.3 is 9.63 Å². The largest absolute Gasteiger partial charge is 0.387 e. The first-order valence-electron chi connectivity index (χ1n) is 1.73. The van der Waals surface area contributed by atoms with Crippen LogP contribution >= 0.6 is 0 Å². The molecule has 1 radical (unpaired) electrons. The van der Waals surface area contributed by atoms with E-state index in [9.17, 15) is 0 Å². The standard InChI is InChI=1S/C3H3N2O2/c6-1-3-4-2-5-7-3/h6H,1H2. The molecule has 0 unspecified atom stereocenters. The average molecular weight is 99.1 g/mol. The van der Waals surface area contributed by atoms with Crippen LogP contribution in [-0.2, 0) is 6.61 Å².